The van der Waals surface area contributed by atoms with Gasteiger partial charge in [0.25, 0.3) is 5.91 Å². The molecule has 2 aliphatic carbocycles. The number of halogens is 1. The second-order valence-electron chi connectivity index (χ2n) is 8.55. The fourth-order valence-corrected chi connectivity index (χ4v) is 6.53. The molecule has 2 aliphatic rings. The number of hydrogen-bond acceptors (Lipinski definition) is 4. The number of Topliss-reactive ketones (excluding diaryl/α,β-unsaturated/α-hetero) is 1. The van der Waals surface area contributed by atoms with Gasteiger partial charge in [0.2, 0.25) is 0 Å². The van der Waals surface area contributed by atoms with E-state index in [0.717, 1.165) is 48.1 Å². The Morgan fingerprint density at radius 2 is 1.87 bits per heavy atom. The zero-order chi connectivity index (χ0) is 22.1. The number of anilines is 1. The Balaban J connectivity index is 1.60. The molecule has 1 saturated carbocycles. The number of amides is 1. The Kier molecular flexibility index (Phi) is 6.49. The summed E-state index contributed by atoms with van der Waals surface area (Å²) in [5.74, 6) is -2.21. The smallest absolute Gasteiger partial charge is 0.307 e. The summed E-state index contributed by atoms with van der Waals surface area (Å²) in [4.78, 5) is 40.0. The summed E-state index contributed by atoms with van der Waals surface area (Å²) >= 11 is 7.58. The van der Waals surface area contributed by atoms with Crippen LogP contribution < -0.4 is 5.32 Å². The molecule has 0 bridgehead atoms. The van der Waals surface area contributed by atoms with Crippen molar-refractivity contribution in [2.24, 2.45) is 11.8 Å². The maximum atomic E-state index is 13.3. The van der Waals surface area contributed by atoms with Gasteiger partial charge in [-0.1, -0.05) is 24.4 Å². The number of thiophene rings is 1. The van der Waals surface area contributed by atoms with Crippen LogP contribution in [0.4, 0.5) is 5.69 Å². The maximum absolute atomic E-state index is 13.3. The van der Waals surface area contributed by atoms with Crippen LogP contribution in [0.3, 0.4) is 0 Å². The number of carbonyl (C=O) groups excluding carboxylic acids is 2. The molecule has 31 heavy (non-hydrogen) atoms. The Hall–Kier alpha value is -2.18. The largest absolute Gasteiger partial charge is 0.481 e. The average molecular weight is 460 g/mol. The lowest BCUT2D eigenvalue weighted by Crippen LogP contribution is -2.33. The summed E-state index contributed by atoms with van der Waals surface area (Å²) in [5.41, 5.74) is 3.23. The van der Waals surface area contributed by atoms with Gasteiger partial charge in [-0.15, -0.1) is 11.3 Å². The summed E-state index contributed by atoms with van der Waals surface area (Å²) in [6.07, 6.45) is 5.81. The molecule has 1 aromatic heterocycles. The molecule has 0 spiro atoms. The number of benzene rings is 1. The third kappa shape index (κ3) is 4.55. The molecular formula is C24H26ClNO4S. The quantitative estimate of drug-likeness (QED) is 0.601. The van der Waals surface area contributed by atoms with Crippen LogP contribution in [0.15, 0.2) is 18.2 Å². The fourth-order valence-electron chi connectivity index (χ4n) is 4.90. The fraction of sp³-hybridized carbons (Fsp3) is 0.458. The standard InChI is InChI=1S/C24H26ClNO4S/c1-13-11-14(25)9-10-18(13)26-23(28)22-17-7-4-8-20(17)31-21(22)12-19(27)15-5-2-3-6-16(15)24(29)30/h9-11,15-16H,2-8,12H2,1H3,(H,26,28)(H,29,30). The van der Waals surface area contributed by atoms with Gasteiger partial charge < -0.3 is 10.4 Å². The number of aliphatic carboxylic acids is 1. The Morgan fingerprint density at radius 1 is 1.13 bits per heavy atom. The van der Waals surface area contributed by atoms with Crippen molar-refractivity contribution < 1.29 is 19.5 Å². The van der Waals surface area contributed by atoms with Crippen molar-refractivity contribution in [1.82, 2.24) is 0 Å². The van der Waals surface area contributed by atoms with E-state index in [4.69, 9.17) is 11.6 Å². The molecule has 1 amide bonds. The van der Waals surface area contributed by atoms with Gasteiger partial charge in [0, 0.05) is 32.8 Å². The number of carboxylic acids is 1. The number of carbonyl (C=O) groups is 3. The van der Waals surface area contributed by atoms with Crippen molar-refractivity contribution in [1.29, 1.82) is 0 Å². The number of carboxylic acid groups (broad SMARTS) is 1. The van der Waals surface area contributed by atoms with Gasteiger partial charge in [0.05, 0.1) is 11.5 Å². The molecule has 0 aliphatic heterocycles. The van der Waals surface area contributed by atoms with Crippen molar-refractivity contribution in [3.8, 4) is 0 Å². The Labute approximate surface area is 190 Å². The summed E-state index contributed by atoms with van der Waals surface area (Å²) in [6.45, 7) is 1.89. The van der Waals surface area contributed by atoms with Crippen molar-refractivity contribution in [3.63, 3.8) is 0 Å². The van der Waals surface area contributed by atoms with Crippen LogP contribution in [0.25, 0.3) is 0 Å². The first kappa shape index (κ1) is 22.0. The molecule has 2 atom stereocenters. The molecule has 1 aromatic carbocycles. The molecule has 1 fully saturated rings. The summed E-state index contributed by atoms with van der Waals surface area (Å²) in [5, 5.41) is 13.2. The predicted octanol–water partition coefficient (Wildman–Crippen LogP) is 5.45. The van der Waals surface area contributed by atoms with Crippen molar-refractivity contribution >= 4 is 46.3 Å². The Morgan fingerprint density at radius 3 is 2.58 bits per heavy atom. The number of rotatable bonds is 6. The van der Waals surface area contributed by atoms with E-state index >= 15 is 0 Å². The van der Waals surface area contributed by atoms with Crippen molar-refractivity contribution in [3.05, 3.63) is 49.7 Å². The van der Waals surface area contributed by atoms with Gasteiger partial charge in [0.15, 0.2) is 0 Å². The van der Waals surface area contributed by atoms with Gasteiger partial charge in [-0.05, 0) is 68.4 Å². The minimum Gasteiger partial charge on any atom is -0.481 e. The molecule has 2 N–H and O–H groups in total. The second kappa shape index (κ2) is 9.13. The van der Waals surface area contributed by atoms with Gasteiger partial charge in [-0.3, -0.25) is 14.4 Å². The molecule has 0 radical (unpaired) electrons. The molecule has 2 aromatic rings. The van der Waals surface area contributed by atoms with E-state index in [1.807, 2.05) is 6.92 Å². The minimum absolute atomic E-state index is 0.0521. The van der Waals surface area contributed by atoms with E-state index in [9.17, 15) is 19.5 Å². The summed E-state index contributed by atoms with van der Waals surface area (Å²) in [6, 6.07) is 5.32. The SMILES string of the molecule is Cc1cc(Cl)ccc1NC(=O)c1c(CC(=O)C2CCCCC2C(=O)O)sc2c1CCC2. The highest BCUT2D eigenvalue weighted by atomic mass is 35.5. The first-order chi connectivity index (χ1) is 14.8. The average Bonchev–Trinajstić information content (AvgIpc) is 3.30. The highest BCUT2D eigenvalue weighted by Crippen LogP contribution is 2.38. The van der Waals surface area contributed by atoms with E-state index < -0.39 is 17.8 Å². The number of hydrogen-bond donors (Lipinski definition) is 2. The van der Waals surface area contributed by atoms with E-state index in [1.165, 1.54) is 4.88 Å². The van der Waals surface area contributed by atoms with Gasteiger partial charge in [0.1, 0.15) is 5.78 Å². The van der Waals surface area contributed by atoms with Crippen LogP contribution >= 0.6 is 22.9 Å². The molecule has 5 nitrogen and oxygen atoms in total. The molecule has 0 saturated heterocycles. The first-order valence-electron chi connectivity index (χ1n) is 10.8. The lowest BCUT2D eigenvalue weighted by Gasteiger charge is -2.27. The molecule has 7 heteroatoms. The molecule has 2 unspecified atom stereocenters. The molecule has 1 heterocycles. The van der Waals surface area contributed by atoms with E-state index in [1.54, 1.807) is 29.5 Å². The number of nitrogens with one attached hydrogen (secondary N) is 1. The Bertz CT molecular complexity index is 1040. The van der Waals surface area contributed by atoms with Crippen LogP contribution in [0.1, 0.15) is 63.3 Å². The lowest BCUT2D eigenvalue weighted by atomic mass is 9.76. The van der Waals surface area contributed by atoms with Crippen LogP contribution in [-0.2, 0) is 28.9 Å². The monoisotopic (exact) mass is 459 g/mol. The third-order valence-corrected chi connectivity index (χ3v) is 8.02. The number of ketones is 1. The van der Waals surface area contributed by atoms with Crippen molar-refractivity contribution in [2.75, 3.05) is 5.32 Å². The first-order valence-corrected chi connectivity index (χ1v) is 12.0. The van der Waals surface area contributed by atoms with Crippen LogP contribution in [-0.4, -0.2) is 22.8 Å². The van der Waals surface area contributed by atoms with Crippen LogP contribution in [0.5, 0.6) is 0 Å². The summed E-state index contributed by atoms with van der Waals surface area (Å²) in [7, 11) is 0. The molecule has 4 rings (SSSR count). The third-order valence-electron chi connectivity index (χ3n) is 6.49. The zero-order valence-electron chi connectivity index (χ0n) is 17.5. The summed E-state index contributed by atoms with van der Waals surface area (Å²) < 4.78 is 0. The molecule has 164 valence electrons. The van der Waals surface area contributed by atoms with Gasteiger partial charge >= 0.3 is 5.97 Å². The topological polar surface area (TPSA) is 83.5 Å². The minimum atomic E-state index is -0.886. The molecular weight excluding hydrogens is 434 g/mol. The number of aryl methyl sites for hydroxylation is 2. The number of fused-ring (bicyclic) bond motifs is 1. The highest BCUT2D eigenvalue weighted by Gasteiger charge is 2.37. The lowest BCUT2D eigenvalue weighted by molar-refractivity contribution is -0.148. The predicted molar refractivity (Wildman–Crippen MR) is 122 cm³/mol. The maximum Gasteiger partial charge on any atom is 0.307 e. The zero-order valence-corrected chi connectivity index (χ0v) is 19.1. The van der Waals surface area contributed by atoms with Crippen LogP contribution in [0.2, 0.25) is 5.02 Å². The highest BCUT2D eigenvalue weighted by molar-refractivity contribution is 7.12. The van der Waals surface area contributed by atoms with E-state index in [-0.39, 0.29) is 18.1 Å². The second-order valence-corrected chi connectivity index (χ2v) is 10.2. The van der Waals surface area contributed by atoms with Gasteiger partial charge in [-0.25, -0.2) is 0 Å². The van der Waals surface area contributed by atoms with Crippen molar-refractivity contribution in [2.45, 2.75) is 58.3 Å². The van der Waals surface area contributed by atoms with E-state index in [0.29, 0.717) is 29.1 Å². The van der Waals surface area contributed by atoms with Gasteiger partial charge in [-0.2, -0.15) is 0 Å². The normalized spacial score (nSPS) is 20.3. The van der Waals surface area contributed by atoms with Crippen LogP contribution in [0, 0.1) is 18.8 Å². The van der Waals surface area contributed by atoms with E-state index in [2.05, 4.69) is 5.32 Å².